The molecule has 2 atom stereocenters. The smallest absolute Gasteiger partial charge is 0.119 e. The highest BCUT2D eigenvalue weighted by molar-refractivity contribution is 5.48. The van der Waals surface area contributed by atoms with Crippen LogP contribution in [-0.4, -0.2) is 5.11 Å². The fourth-order valence-electron chi connectivity index (χ4n) is 4.14. The highest BCUT2D eigenvalue weighted by Crippen LogP contribution is 2.45. The van der Waals surface area contributed by atoms with Gasteiger partial charge in [-0.15, -0.1) is 0 Å². The van der Waals surface area contributed by atoms with Crippen LogP contribution in [0.4, 0.5) is 0 Å². The molecule has 0 fully saturated rings. The van der Waals surface area contributed by atoms with E-state index < -0.39 is 0 Å². The number of rotatable bonds is 6. The Bertz CT molecular complexity index is 553. The number of aromatic hydroxyl groups is 1. The first-order valence-corrected chi connectivity index (χ1v) is 9.43. The lowest BCUT2D eigenvalue weighted by molar-refractivity contribution is 0.309. The number of phenols is 1. The van der Waals surface area contributed by atoms with Crippen molar-refractivity contribution in [1.82, 2.24) is 0 Å². The summed E-state index contributed by atoms with van der Waals surface area (Å²) in [4.78, 5) is 0. The Morgan fingerprint density at radius 3 is 2.57 bits per heavy atom. The number of allylic oxidation sites excluding steroid dienone is 2. The predicted molar refractivity (Wildman–Crippen MR) is 100 cm³/mol. The highest BCUT2D eigenvalue weighted by atomic mass is 16.3. The van der Waals surface area contributed by atoms with Gasteiger partial charge in [-0.3, -0.25) is 0 Å². The molecule has 0 bridgehead atoms. The molecule has 1 aliphatic carbocycles. The molecule has 2 rings (SSSR count). The molecule has 1 N–H and O–H groups in total. The maximum absolute atomic E-state index is 10.7. The van der Waals surface area contributed by atoms with Crippen molar-refractivity contribution in [3.8, 4) is 5.75 Å². The summed E-state index contributed by atoms with van der Waals surface area (Å²) in [5.74, 6) is 2.17. The molecule has 1 aromatic carbocycles. The molecular weight excluding hydrogens is 280 g/mol. The molecule has 0 aliphatic heterocycles. The van der Waals surface area contributed by atoms with Crippen molar-refractivity contribution in [3.63, 3.8) is 0 Å². The molecule has 0 heterocycles. The summed E-state index contributed by atoms with van der Waals surface area (Å²) in [5, 5.41) is 10.7. The minimum absolute atomic E-state index is 0.376. The second kappa shape index (κ2) is 8.04. The van der Waals surface area contributed by atoms with E-state index in [1.54, 1.807) is 0 Å². The van der Waals surface area contributed by atoms with E-state index in [0.29, 0.717) is 23.5 Å². The van der Waals surface area contributed by atoms with Crippen molar-refractivity contribution in [3.05, 3.63) is 40.5 Å². The molecular formula is C22H34O. The minimum atomic E-state index is 0.376. The van der Waals surface area contributed by atoms with E-state index in [4.69, 9.17) is 0 Å². The third-order valence-corrected chi connectivity index (χ3v) is 5.42. The molecule has 0 saturated heterocycles. The summed E-state index contributed by atoms with van der Waals surface area (Å²) < 4.78 is 0. The van der Waals surface area contributed by atoms with Gasteiger partial charge in [0.1, 0.15) is 5.75 Å². The number of phenolic OH excluding ortho intramolecular Hbond substituents is 1. The van der Waals surface area contributed by atoms with Crippen LogP contribution in [0, 0.1) is 18.8 Å². The third-order valence-electron chi connectivity index (χ3n) is 5.42. The van der Waals surface area contributed by atoms with Gasteiger partial charge in [-0.2, -0.15) is 0 Å². The van der Waals surface area contributed by atoms with Gasteiger partial charge in [0.25, 0.3) is 0 Å². The largest absolute Gasteiger partial charge is 0.508 e. The SMILES string of the molecule is CCCCCc1cc(C)cc(O)c1C1C=C(C)CC[C@H]1C(C)C. The first-order chi connectivity index (χ1) is 10.9. The van der Waals surface area contributed by atoms with Gasteiger partial charge in [0.15, 0.2) is 0 Å². The Labute approximate surface area is 142 Å². The maximum atomic E-state index is 10.7. The Hall–Kier alpha value is -1.24. The van der Waals surface area contributed by atoms with Crippen LogP contribution in [0.15, 0.2) is 23.8 Å². The average molecular weight is 315 g/mol. The van der Waals surface area contributed by atoms with Gasteiger partial charge in [-0.25, -0.2) is 0 Å². The molecule has 0 saturated carbocycles. The molecule has 1 heteroatoms. The Morgan fingerprint density at radius 2 is 1.91 bits per heavy atom. The first-order valence-electron chi connectivity index (χ1n) is 9.43. The Morgan fingerprint density at radius 1 is 1.17 bits per heavy atom. The molecule has 0 radical (unpaired) electrons. The van der Waals surface area contributed by atoms with Crippen LogP contribution < -0.4 is 0 Å². The number of hydrogen-bond donors (Lipinski definition) is 1. The molecule has 1 nitrogen and oxygen atoms in total. The van der Waals surface area contributed by atoms with Gasteiger partial charge in [-0.05, 0) is 68.6 Å². The van der Waals surface area contributed by atoms with Gasteiger partial charge >= 0.3 is 0 Å². The zero-order valence-electron chi connectivity index (χ0n) is 15.7. The van der Waals surface area contributed by atoms with Gasteiger partial charge in [0.2, 0.25) is 0 Å². The van der Waals surface area contributed by atoms with E-state index in [9.17, 15) is 5.11 Å². The topological polar surface area (TPSA) is 20.2 Å². The minimum Gasteiger partial charge on any atom is -0.508 e. The van der Waals surface area contributed by atoms with Crippen LogP contribution in [0.3, 0.4) is 0 Å². The number of benzene rings is 1. The normalized spacial score (nSPS) is 21.6. The van der Waals surface area contributed by atoms with Crippen LogP contribution in [0.1, 0.15) is 82.4 Å². The maximum Gasteiger partial charge on any atom is 0.119 e. The summed E-state index contributed by atoms with van der Waals surface area (Å²) in [6.07, 6.45) is 9.69. The van der Waals surface area contributed by atoms with Crippen molar-refractivity contribution < 1.29 is 5.11 Å². The standard InChI is InChI=1S/C22H34O/c1-6-7-8-9-18-12-17(5)14-21(23)22(18)20-13-16(4)10-11-19(20)15(2)3/h12-15,19-20,23H,6-11H2,1-5H3/t19-,20?/m0/s1. The monoisotopic (exact) mass is 314 g/mol. The fourth-order valence-corrected chi connectivity index (χ4v) is 4.14. The summed E-state index contributed by atoms with van der Waals surface area (Å²) >= 11 is 0. The zero-order chi connectivity index (χ0) is 17.0. The van der Waals surface area contributed by atoms with E-state index >= 15 is 0 Å². The van der Waals surface area contributed by atoms with Gasteiger partial charge < -0.3 is 5.11 Å². The second-order valence-corrected chi connectivity index (χ2v) is 7.80. The molecule has 1 unspecified atom stereocenters. The number of hydrogen-bond acceptors (Lipinski definition) is 1. The average Bonchev–Trinajstić information content (AvgIpc) is 2.46. The van der Waals surface area contributed by atoms with Crippen LogP contribution >= 0.6 is 0 Å². The molecule has 0 aromatic heterocycles. The van der Waals surface area contributed by atoms with Crippen molar-refractivity contribution in [2.75, 3.05) is 0 Å². The third kappa shape index (κ3) is 4.40. The molecule has 1 aliphatic rings. The van der Waals surface area contributed by atoms with Crippen LogP contribution in [-0.2, 0) is 6.42 Å². The summed E-state index contributed by atoms with van der Waals surface area (Å²) in [5.41, 5.74) is 5.24. The first kappa shape index (κ1) is 18.1. The summed E-state index contributed by atoms with van der Waals surface area (Å²) in [7, 11) is 0. The van der Waals surface area contributed by atoms with Crippen molar-refractivity contribution in [2.24, 2.45) is 11.8 Å². The van der Waals surface area contributed by atoms with E-state index in [-0.39, 0.29) is 0 Å². The Balaban J connectivity index is 2.44. The number of unbranched alkanes of at least 4 members (excludes halogenated alkanes) is 2. The molecule has 128 valence electrons. The van der Waals surface area contributed by atoms with Crippen molar-refractivity contribution in [2.45, 2.75) is 79.1 Å². The predicted octanol–water partition coefficient (Wildman–Crippen LogP) is 6.53. The molecule has 23 heavy (non-hydrogen) atoms. The van der Waals surface area contributed by atoms with Gasteiger partial charge in [0, 0.05) is 11.5 Å². The highest BCUT2D eigenvalue weighted by Gasteiger charge is 2.30. The fraction of sp³-hybridized carbons (Fsp3) is 0.636. The number of aryl methyl sites for hydroxylation is 2. The zero-order valence-corrected chi connectivity index (χ0v) is 15.7. The van der Waals surface area contributed by atoms with Gasteiger partial charge in [0.05, 0.1) is 0 Å². The molecule has 1 aromatic rings. The van der Waals surface area contributed by atoms with Crippen molar-refractivity contribution >= 4 is 0 Å². The van der Waals surface area contributed by atoms with Crippen LogP contribution in [0.25, 0.3) is 0 Å². The van der Waals surface area contributed by atoms with E-state index in [0.717, 1.165) is 6.42 Å². The van der Waals surface area contributed by atoms with Crippen molar-refractivity contribution in [1.29, 1.82) is 0 Å². The Kier molecular flexibility index (Phi) is 6.33. The summed E-state index contributed by atoms with van der Waals surface area (Å²) in [6.45, 7) is 11.2. The lowest BCUT2D eigenvalue weighted by Crippen LogP contribution is -2.22. The van der Waals surface area contributed by atoms with Crippen LogP contribution in [0.2, 0.25) is 0 Å². The molecule has 0 amide bonds. The van der Waals surface area contributed by atoms with E-state index in [1.807, 2.05) is 6.07 Å². The quantitative estimate of drug-likeness (QED) is 0.467. The van der Waals surface area contributed by atoms with E-state index in [1.165, 1.54) is 54.4 Å². The lowest BCUT2D eigenvalue weighted by atomic mass is 9.70. The molecule has 0 spiro atoms. The second-order valence-electron chi connectivity index (χ2n) is 7.80. The van der Waals surface area contributed by atoms with Crippen LogP contribution in [0.5, 0.6) is 5.75 Å². The summed E-state index contributed by atoms with van der Waals surface area (Å²) in [6, 6.07) is 4.26. The lowest BCUT2D eigenvalue weighted by Gasteiger charge is -2.34. The van der Waals surface area contributed by atoms with Gasteiger partial charge in [-0.1, -0.05) is 51.3 Å². The van der Waals surface area contributed by atoms with E-state index in [2.05, 4.69) is 46.8 Å².